The summed E-state index contributed by atoms with van der Waals surface area (Å²) in [5.41, 5.74) is 23.5. The van der Waals surface area contributed by atoms with E-state index in [9.17, 15) is 0 Å². The number of anilines is 6. The topological polar surface area (TPSA) is 19.6 Å². The van der Waals surface area contributed by atoms with Gasteiger partial charge in [0.2, 0.25) is 0 Å². The number of fused-ring (bicyclic) bond motifs is 7. The largest absolute Gasteiger partial charge is 0.468 e. The first-order valence-corrected chi connectivity index (χ1v) is 25.0. The Labute approximate surface area is 403 Å². The van der Waals surface area contributed by atoms with Gasteiger partial charge in [0.15, 0.2) is 0 Å². The number of benzene rings is 6. The summed E-state index contributed by atoms with van der Waals surface area (Å²) >= 11 is 0. The minimum Gasteiger partial charge on any atom is -0.468 e. The summed E-state index contributed by atoms with van der Waals surface area (Å²) in [7, 11) is 0. The lowest BCUT2D eigenvalue weighted by atomic mass is 9.35. The minimum atomic E-state index is -0.152. The van der Waals surface area contributed by atoms with Crippen molar-refractivity contribution in [2.24, 2.45) is 0 Å². The Balaban J connectivity index is 1.40. The monoisotopic (exact) mass is 885 g/mol. The van der Waals surface area contributed by atoms with Gasteiger partial charge in [-0.2, -0.15) is 0 Å². The average Bonchev–Trinajstić information content (AvgIpc) is 3.62. The second-order valence-electron chi connectivity index (χ2n) is 25.9. The summed E-state index contributed by atoms with van der Waals surface area (Å²) in [6, 6.07) is 42.7. The molecule has 0 atom stereocenters. The van der Waals surface area contributed by atoms with E-state index in [-0.39, 0.29) is 39.2 Å². The molecule has 2 aliphatic heterocycles. The van der Waals surface area contributed by atoms with E-state index < -0.39 is 0 Å². The molecule has 0 saturated carbocycles. The zero-order chi connectivity index (χ0) is 48.1. The molecule has 10 rings (SSSR count). The Morgan fingerprint density at radius 2 is 1.09 bits per heavy atom. The van der Waals surface area contributed by atoms with Crippen LogP contribution in [0.4, 0.5) is 34.1 Å². The molecule has 1 aromatic heterocycles. The van der Waals surface area contributed by atoms with Crippen molar-refractivity contribution < 1.29 is 4.42 Å². The van der Waals surface area contributed by atoms with Crippen LogP contribution in [0.15, 0.2) is 114 Å². The fraction of sp³-hybridized carbons (Fsp3) is 0.397. The van der Waals surface area contributed by atoms with E-state index in [1.807, 2.05) is 0 Å². The molecule has 1 aliphatic carbocycles. The molecule has 0 bridgehead atoms. The molecule has 0 spiro atoms. The van der Waals surface area contributed by atoms with E-state index in [1.165, 1.54) is 89.4 Å². The molecule has 3 heterocycles. The quantitative estimate of drug-likeness (QED) is 0.165. The Hall–Kier alpha value is -5.48. The van der Waals surface area contributed by atoms with E-state index >= 15 is 0 Å². The number of aryl methyl sites for hydroxylation is 1. The maximum atomic E-state index is 7.56. The van der Waals surface area contributed by atoms with Gasteiger partial charge in [0, 0.05) is 33.7 Å². The predicted octanol–water partition coefficient (Wildman–Crippen LogP) is 16.0. The number of hydrogen-bond donors (Lipinski definition) is 0. The van der Waals surface area contributed by atoms with Crippen LogP contribution in [-0.4, -0.2) is 6.71 Å². The smallest absolute Gasteiger partial charge is 0.297 e. The van der Waals surface area contributed by atoms with Crippen molar-refractivity contribution in [1.82, 2.24) is 0 Å². The predicted molar refractivity (Wildman–Crippen MR) is 290 cm³/mol. The van der Waals surface area contributed by atoms with Gasteiger partial charge in [-0.25, -0.2) is 0 Å². The SMILES string of the molecule is Cc1cc2c3c(c1)N(c1cc(C(C)(C)C)cc(C(C)(C)C)c1-c1ccccc1)c1c(oc4ccc(C(C)(C)C)cc14)B3c1cc3c(cc1N2c1ccc(C(C)(C)C)cc1)C(C)(C)CCC3(C)C. The van der Waals surface area contributed by atoms with Gasteiger partial charge >= 0.3 is 0 Å². The van der Waals surface area contributed by atoms with Gasteiger partial charge in [-0.15, -0.1) is 0 Å². The highest BCUT2D eigenvalue weighted by Crippen LogP contribution is 2.54. The van der Waals surface area contributed by atoms with Crippen molar-refractivity contribution in [1.29, 1.82) is 0 Å². The van der Waals surface area contributed by atoms with Crippen LogP contribution >= 0.6 is 0 Å². The van der Waals surface area contributed by atoms with Crippen LogP contribution < -0.4 is 26.4 Å². The summed E-state index contributed by atoms with van der Waals surface area (Å²) in [5.74, 6) is 0. The van der Waals surface area contributed by atoms with Crippen molar-refractivity contribution in [2.45, 2.75) is 163 Å². The molecule has 0 N–H and O–H groups in total. The lowest BCUT2D eigenvalue weighted by molar-refractivity contribution is 0.332. The molecular weight excluding hydrogens is 812 g/mol. The van der Waals surface area contributed by atoms with Crippen LogP contribution in [0.1, 0.15) is 163 Å². The van der Waals surface area contributed by atoms with Gasteiger partial charge in [-0.1, -0.05) is 171 Å². The van der Waals surface area contributed by atoms with E-state index in [1.54, 1.807) is 0 Å². The zero-order valence-electron chi connectivity index (χ0n) is 43.7. The molecule has 344 valence electrons. The molecular formula is C63H73BN2O. The second kappa shape index (κ2) is 14.8. The Bertz CT molecular complexity index is 3120. The molecule has 3 aliphatic rings. The van der Waals surface area contributed by atoms with Crippen molar-refractivity contribution in [3.05, 3.63) is 148 Å². The van der Waals surface area contributed by atoms with Crippen LogP contribution in [0, 0.1) is 6.92 Å². The summed E-state index contributed by atoms with van der Waals surface area (Å²) < 4.78 is 7.56. The van der Waals surface area contributed by atoms with Gasteiger partial charge in [0.1, 0.15) is 5.58 Å². The first-order valence-electron chi connectivity index (χ1n) is 25.0. The second-order valence-corrected chi connectivity index (χ2v) is 25.9. The Morgan fingerprint density at radius 3 is 1.67 bits per heavy atom. The molecule has 0 radical (unpaired) electrons. The molecule has 7 aromatic rings. The van der Waals surface area contributed by atoms with Crippen LogP contribution in [0.3, 0.4) is 0 Å². The first kappa shape index (κ1) is 45.3. The summed E-state index contributed by atoms with van der Waals surface area (Å²) in [6.45, 7) is 40.1. The minimum absolute atomic E-state index is 0.0236. The highest BCUT2D eigenvalue weighted by atomic mass is 16.3. The van der Waals surface area contributed by atoms with Crippen LogP contribution in [0.5, 0.6) is 0 Å². The van der Waals surface area contributed by atoms with E-state index in [0.717, 1.165) is 35.2 Å². The van der Waals surface area contributed by atoms with Crippen LogP contribution in [0.2, 0.25) is 0 Å². The highest BCUT2D eigenvalue weighted by molar-refractivity contribution is 7.00. The third kappa shape index (κ3) is 7.30. The lowest BCUT2D eigenvalue weighted by Gasteiger charge is -2.47. The average molecular weight is 885 g/mol. The standard InChI is InChI=1S/C63H73BN2O/c1-38-31-51-55-52(32-38)66(50-35-42(60(8,9)10)34-47(61(11,12)13)54(50)39-21-19-18-20-22-39)56-44-33-41(59(5,6)7)25-28-53(44)67-57(56)64(55)48-36-45-46(63(16,17)30-29-62(45,14)15)37-49(48)65(51)43-26-23-40(24-27-43)58(2,3)4/h18-28,31-37H,29-30H2,1-17H3. The van der Waals surface area contributed by atoms with Gasteiger partial charge in [-0.05, 0) is 156 Å². The van der Waals surface area contributed by atoms with Gasteiger partial charge in [-0.3, -0.25) is 0 Å². The fourth-order valence-electron chi connectivity index (χ4n) is 11.5. The number of rotatable bonds is 3. The van der Waals surface area contributed by atoms with Crippen LogP contribution in [0.25, 0.3) is 22.1 Å². The lowest BCUT2D eigenvalue weighted by Crippen LogP contribution is -2.61. The number of nitrogens with zero attached hydrogens (tertiary/aromatic N) is 2. The highest BCUT2D eigenvalue weighted by Gasteiger charge is 2.49. The molecule has 0 fully saturated rings. The molecule has 67 heavy (non-hydrogen) atoms. The Morgan fingerprint density at radius 1 is 0.522 bits per heavy atom. The molecule has 4 heteroatoms. The van der Waals surface area contributed by atoms with E-state index in [4.69, 9.17) is 4.42 Å². The molecule has 3 nitrogen and oxygen atoms in total. The van der Waals surface area contributed by atoms with Gasteiger partial charge in [0.25, 0.3) is 6.71 Å². The molecule has 0 saturated heterocycles. The van der Waals surface area contributed by atoms with E-state index in [0.29, 0.717) is 0 Å². The third-order valence-electron chi connectivity index (χ3n) is 15.7. The zero-order valence-corrected chi connectivity index (χ0v) is 43.7. The number of furan rings is 1. The first-order chi connectivity index (χ1) is 31.1. The molecule has 0 unspecified atom stereocenters. The molecule has 6 aromatic carbocycles. The molecule has 0 amide bonds. The third-order valence-corrected chi connectivity index (χ3v) is 15.7. The summed E-state index contributed by atoms with van der Waals surface area (Å²) in [4.78, 5) is 5.26. The maximum absolute atomic E-state index is 7.56. The van der Waals surface area contributed by atoms with Gasteiger partial charge in [0.05, 0.1) is 17.0 Å². The number of hydrogen-bond acceptors (Lipinski definition) is 3. The van der Waals surface area contributed by atoms with Gasteiger partial charge < -0.3 is 14.2 Å². The van der Waals surface area contributed by atoms with Crippen LogP contribution in [-0.2, 0) is 32.5 Å². The van der Waals surface area contributed by atoms with E-state index in [2.05, 4.69) is 237 Å². The Kier molecular flexibility index (Phi) is 9.98. The summed E-state index contributed by atoms with van der Waals surface area (Å²) in [6.07, 6.45) is 2.30. The maximum Gasteiger partial charge on any atom is 0.297 e. The van der Waals surface area contributed by atoms with Crippen molar-refractivity contribution in [2.75, 3.05) is 9.80 Å². The van der Waals surface area contributed by atoms with Crippen molar-refractivity contribution in [3.63, 3.8) is 0 Å². The fourth-order valence-corrected chi connectivity index (χ4v) is 11.5. The van der Waals surface area contributed by atoms with Crippen molar-refractivity contribution >= 4 is 68.4 Å². The summed E-state index contributed by atoms with van der Waals surface area (Å²) in [5, 5.41) is 1.16. The normalized spacial score (nSPS) is 16.5. The van der Waals surface area contributed by atoms with Crippen molar-refractivity contribution in [3.8, 4) is 11.1 Å².